The molecule has 2 aromatic rings. The Morgan fingerprint density at radius 2 is 1.70 bits per heavy atom. The second kappa shape index (κ2) is 14.7. The second-order valence-corrected chi connectivity index (χ2v) is 14.0. The monoisotopic (exact) mass is 629 g/mol. The Morgan fingerprint density at radius 3 is 2.38 bits per heavy atom. The number of nitrogens with zero attached hydrogens (tertiary/aromatic N) is 2. The molecule has 2 fully saturated rings. The molecular weight excluding hydrogens is 593 g/mol. The van der Waals surface area contributed by atoms with Crippen LogP contribution in [0.3, 0.4) is 0 Å². The first kappa shape index (κ1) is 31.5. The lowest BCUT2D eigenvalue weighted by molar-refractivity contribution is -0.126. The fourth-order valence-electron chi connectivity index (χ4n) is 5.76. The zero-order valence-electron chi connectivity index (χ0n) is 22.8. The summed E-state index contributed by atoms with van der Waals surface area (Å²) in [7, 11) is -2.54. The first-order valence-corrected chi connectivity index (χ1v) is 16.5. The van der Waals surface area contributed by atoms with Gasteiger partial charge in [0.1, 0.15) is 11.5 Å². The van der Waals surface area contributed by atoms with E-state index in [-0.39, 0.29) is 51.7 Å². The van der Waals surface area contributed by atoms with Crippen molar-refractivity contribution in [2.75, 3.05) is 39.9 Å². The molecule has 1 aliphatic heterocycles. The van der Waals surface area contributed by atoms with E-state index < -0.39 is 10.0 Å². The zero-order chi connectivity index (χ0) is 28.7. The van der Waals surface area contributed by atoms with Crippen molar-refractivity contribution in [3.63, 3.8) is 0 Å². The van der Waals surface area contributed by atoms with Crippen molar-refractivity contribution in [3.8, 4) is 0 Å². The van der Waals surface area contributed by atoms with Crippen LogP contribution in [-0.4, -0.2) is 69.5 Å². The van der Waals surface area contributed by atoms with Crippen LogP contribution in [0.5, 0.6) is 0 Å². The van der Waals surface area contributed by atoms with E-state index in [4.69, 9.17) is 39.5 Å². The molecule has 1 amide bonds. The molecule has 7 nitrogen and oxygen atoms in total. The van der Waals surface area contributed by atoms with Crippen LogP contribution < -0.4 is 5.32 Å². The Kier molecular flexibility index (Phi) is 11.6. The molecule has 2 aromatic carbocycles. The average Bonchev–Trinajstić information content (AvgIpc) is 2.92. The zero-order valence-corrected chi connectivity index (χ0v) is 25.9. The van der Waals surface area contributed by atoms with Crippen LogP contribution in [0.15, 0.2) is 47.4 Å². The molecule has 1 saturated carbocycles. The standard InChI is InChI=1S/C29H38Cl3N3O4S/c1-34(40(37,38)29-25(31)17-23(30)18-26(29)32)15-16-39-20-28(36)33-24-12-10-21(11-13-24)19-35-14-6-5-9-27(35)22-7-3-2-4-8-22/h2-4,7-8,17-18,21,24,27H,5-6,9-16,19-20H2,1H3,(H,33,36). The lowest BCUT2D eigenvalue weighted by atomic mass is 9.84. The summed E-state index contributed by atoms with van der Waals surface area (Å²) in [6, 6.07) is 14.2. The van der Waals surface area contributed by atoms with Gasteiger partial charge in [-0.2, -0.15) is 4.31 Å². The van der Waals surface area contributed by atoms with E-state index in [0.717, 1.165) is 43.1 Å². The smallest absolute Gasteiger partial charge is 0.246 e. The Morgan fingerprint density at radius 1 is 1.02 bits per heavy atom. The molecule has 1 heterocycles. The highest BCUT2D eigenvalue weighted by Gasteiger charge is 2.30. The molecule has 0 bridgehead atoms. The summed E-state index contributed by atoms with van der Waals surface area (Å²) in [6.07, 6.45) is 7.89. The Balaban J connectivity index is 1.16. The van der Waals surface area contributed by atoms with Crippen molar-refractivity contribution < 1.29 is 17.9 Å². The number of likely N-dealkylation sites (tertiary alicyclic amines) is 1. The van der Waals surface area contributed by atoms with E-state index in [9.17, 15) is 13.2 Å². The average molecular weight is 631 g/mol. The molecule has 1 unspecified atom stereocenters. The highest BCUT2D eigenvalue weighted by molar-refractivity contribution is 7.89. The number of piperidine rings is 1. The maximum atomic E-state index is 12.9. The van der Waals surface area contributed by atoms with Crippen LogP contribution in [0.25, 0.3) is 0 Å². The number of likely N-dealkylation sites (N-methyl/N-ethyl adjacent to an activating group) is 1. The van der Waals surface area contributed by atoms with Crippen LogP contribution in [0, 0.1) is 5.92 Å². The van der Waals surface area contributed by atoms with Gasteiger partial charge < -0.3 is 10.1 Å². The number of benzene rings is 2. The van der Waals surface area contributed by atoms with Crippen LogP contribution in [0.4, 0.5) is 0 Å². The maximum Gasteiger partial charge on any atom is 0.246 e. The SMILES string of the molecule is CN(CCOCC(=O)NC1CCC(CN2CCCCC2c2ccccc2)CC1)S(=O)(=O)c1c(Cl)cc(Cl)cc1Cl. The number of sulfonamides is 1. The number of amides is 1. The third-order valence-corrected chi connectivity index (χ3v) is 10.9. The van der Waals surface area contributed by atoms with Gasteiger partial charge in [0.2, 0.25) is 15.9 Å². The molecule has 1 N–H and O–H groups in total. The summed E-state index contributed by atoms with van der Waals surface area (Å²) in [5, 5.41) is 3.23. The van der Waals surface area contributed by atoms with E-state index in [0.29, 0.717) is 12.0 Å². The lowest BCUT2D eigenvalue weighted by Gasteiger charge is -2.40. The Labute approximate surface area is 253 Å². The van der Waals surface area contributed by atoms with Gasteiger partial charge >= 0.3 is 0 Å². The van der Waals surface area contributed by atoms with Crippen molar-refractivity contribution in [2.45, 2.75) is 61.9 Å². The molecule has 0 radical (unpaired) electrons. The minimum Gasteiger partial charge on any atom is -0.370 e. The van der Waals surface area contributed by atoms with Gasteiger partial charge in [-0.25, -0.2) is 8.42 Å². The number of rotatable bonds is 11. The first-order chi connectivity index (χ1) is 19.1. The largest absolute Gasteiger partial charge is 0.370 e. The predicted octanol–water partition coefficient (Wildman–Crippen LogP) is 6.19. The van der Waals surface area contributed by atoms with Crippen LogP contribution in [-0.2, 0) is 19.6 Å². The van der Waals surface area contributed by atoms with E-state index in [2.05, 4.69) is 40.5 Å². The summed E-state index contributed by atoms with van der Waals surface area (Å²) in [5.41, 5.74) is 1.42. The van der Waals surface area contributed by atoms with E-state index >= 15 is 0 Å². The van der Waals surface area contributed by atoms with Gasteiger partial charge in [-0.1, -0.05) is 71.6 Å². The molecule has 0 spiro atoms. The third kappa shape index (κ3) is 8.34. The van der Waals surface area contributed by atoms with Gasteiger partial charge in [-0.3, -0.25) is 9.69 Å². The van der Waals surface area contributed by atoms with Gasteiger partial charge in [-0.05, 0) is 68.7 Å². The predicted molar refractivity (Wildman–Crippen MR) is 161 cm³/mol. The Hall–Kier alpha value is -1.39. The number of carbonyl (C=O) groups excluding carboxylic acids is 1. The minimum absolute atomic E-state index is 0.0382. The van der Waals surface area contributed by atoms with E-state index in [1.807, 2.05) is 0 Å². The van der Waals surface area contributed by atoms with Crippen LogP contribution in [0.1, 0.15) is 56.6 Å². The van der Waals surface area contributed by atoms with E-state index in [1.54, 1.807) is 0 Å². The van der Waals surface area contributed by atoms with Gasteiger partial charge in [0, 0.05) is 37.2 Å². The summed E-state index contributed by atoms with van der Waals surface area (Å²) in [6.45, 7) is 2.24. The van der Waals surface area contributed by atoms with Crippen LogP contribution >= 0.6 is 34.8 Å². The van der Waals surface area contributed by atoms with Gasteiger partial charge in [0.25, 0.3) is 0 Å². The van der Waals surface area contributed by atoms with E-state index in [1.165, 1.54) is 44.0 Å². The topological polar surface area (TPSA) is 79.0 Å². The van der Waals surface area contributed by atoms with Gasteiger partial charge in [0.15, 0.2) is 0 Å². The lowest BCUT2D eigenvalue weighted by Crippen LogP contribution is -2.42. The van der Waals surface area contributed by atoms with Crippen molar-refractivity contribution >= 4 is 50.7 Å². The first-order valence-electron chi connectivity index (χ1n) is 13.9. The normalized spacial score (nSPS) is 22.4. The number of hydrogen-bond donors (Lipinski definition) is 1. The fraction of sp³-hybridized carbons (Fsp3) is 0.552. The van der Waals surface area contributed by atoms with Crippen molar-refractivity contribution in [2.24, 2.45) is 5.92 Å². The summed E-state index contributed by atoms with van der Waals surface area (Å²) >= 11 is 18.1. The molecule has 220 valence electrons. The fourth-order valence-corrected chi connectivity index (χ4v) is 8.40. The molecule has 11 heteroatoms. The van der Waals surface area contributed by atoms with Crippen molar-refractivity contribution in [1.29, 1.82) is 0 Å². The Bertz CT molecular complexity index is 1220. The number of carbonyl (C=O) groups is 1. The highest BCUT2D eigenvalue weighted by atomic mass is 35.5. The second-order valence-electron chi connectivity index (χ2n) is 10.8. The number of ether oxygens (including phenoxy) is 1. The maximum absolute atomic E-state index is 12.9. The molecule has 1 saturated heterocycles. The molecule has 2 aliphatic rings. The summed E-state index contributed by atoms with van der Waals surface area (Å²) in [5.74, 6) is 0.465. The van der Waals surface area contributed by atoms with Crippen molar-refractivity contribution in [3.05, 3.63) is 63.1 Å². The number of nitrogens with one attached hydrogen (secondary N) is 1. The summed E-state index contributed by atoms with van der Waals surface area (Å²) < 4.78 is 32.4. The molecule has 0 aromatic heterocycles. The molecular formula is C29H38Cl3N3O4S. The van der Waals surface area contributed by atoms with Gasteiger partial charge in [-0.15, -0.1) is 0 Å². The van der Waals surface area contributed by atoms with Crippen molar-refractivity contribution in [1.82, 2.24) is 14.5 Å². The quantitative estimate of drug-likeness (QED) is 0.300. The number of halogens is 3. The van der Waals surface area contributed by atoms with Crippen LogP contribution in [0.2, 0.25) is 15.1 Å². The highest BCUT2D eigenvalue weighted by Crippen LogP contribution is 2.35. The molecule has 1 aliphatic carbocycles. The summed E-state index contributed by atoms with van der Waals surface area (Å²) in [4.78, 5) is 14.9. The number of hydrogen-bond acceptors (Lipinski definition) is 5. The van der Waals surface area contributed by atoms with Gasteiger partial charge in [0.05, 0.1) is 16.7 Å². The molecule has 40 heavy (non-hydrogen) atoms. The third-order valence-electron chi connectivity index (χ3n) is 7.92. The minimum atomic E-state index is -3.95. The molecule has 4 rings (SSSR count). The molecule has 1 atom stereocenters.